The van der Waals surface area contributed by atoms with E-state index in [1.165, 1.54) is 40.4 Å². The van der Waals surface area contributed by atoms with Crippen LogP contribution in [0.15, 0.2) is 18.3 Å². The fourth-order valence-electron chi connectivity index (χ4n) is 4.03. The lowest BCUT2D eigenvalue weighted by Gasteiger charge is -2.33. The van der Waals surface area contributed by atoms with Crippen molar-refractivity contribution < 1.29 is 4.74 Å². The van der Waals surface area contributed by atoms with Crippen LogP contribution < -0.4 is 0 Å². The molecule has 6 heteroatoms. The van der Waals surface area contributed by atoms with E-state index in [0.717, 1.165) is 45.9 Å². The Kier molecular flexibility index (Phi) is 5.51. The molecule has 0 amide bonds. The minimum Gasteiger partial charge on any atom is -0.379 e. The fraction of sp³-hybridized carbons (Fsp3) is 0.632. The largest absolute Gasteiger partial charge is 0.379 e. The minimum absolute atomic E-state index is 0.577. The molecular formula is C19H28N4OS. The molecule has 0 bridgehead atoms. The summed E-state index contributed by atoms with van der Waals surface area (Å²) in [6.07, 6.45) is 4.57. The predicted octanol–water partition coefficient (Wildman–Crippen LogP) is 2.99. The molecule has 1 unspecified atom stereocenters. The van der Waals surface area contributed by atoms with Crippen molar-refractivity contribution in [2.24, 2.45) is 0 Å². The molecule has 5 nitrogen and oxygen atoms in total. The zero-order chi connectivity index (χ0) is 17.1. The maximum atomic E-state index is 5.47. The molecule has 0 radical (unpaired) electrons. The highest BCUT2D eigenvalue weighted by atomic mass is 32.1. The van der Waals surface area contributed by atoms with E-state index in [1.54, 1.807) is 0 Å². The van der Waals surface area contributed by atoms with Gasteiger partial charge in [-0.2, -0.15) is 5.10 Å². The first-order valence-corrected chi connectivity index (χ1v) is 10.2. The van der Waals surface area contributed by atoms with Gasteiger partial charge in [-0.05, 0) is 38.4 Å². The lowest BCUT2D eigenvalue weighted by molar-refractivity contribution is 0.0339. The molecule has 1 N–H and O–H groups in total. The van der Waals surface area contributed by atoms with E-state index in [4.69, 9.17) is 4.74 Å². The van der Waals surface area contributed by atoms with Gasteiger partial charge in [0.15, 0.2) is 0 Å². The summed E-state index contributed by atoms with van der Waals surface area (Å²) >= 11 is 1.93. The van der Waals surface area contributed by atoms with Crippen LogP contribution in [0.5, 0.6) is 0 Å². The number of nitrogens with one attached hydrogen (secondary N) is 1. The molecule has 2 fully saturated rings. The molecular weight excluding hydrogens is 332 g/mol. The molecule has 0 saturated carbocycles. The number of aromatic nitrogens is 2. The number of aryl methyl sites for hydroxylation is 1. The molecule has 0 aliphatic carbocycles. The highest BCUT2D eigenvalue weighted by molar-refractivity contribution is 7.11. The number of aromatic amines is 1. The molecule has 0 spiro atoms. The van der Waals surface area contributed by atoms with E-state index < -0.39 is 0 Å². The van der Waals surface area contributed by atoms with Gasteiger partial charge in [0.2, 0.25) is 0 Å². The number of nitrogens with zero attached hydrogens (tertiary/aromatic N) is 3. The summed E-state index contributed by atoms with van der Waals surface area (Å²) in [6.45, 7) is 10.4. The van der Waals surface area contributed by atoms with Crippen LogP contribution in [-0.4, -0.2) is 59.4 Å². The summed E-state index contributed by atoms with van der Waals surface area (Å²) in [6, 6.07) is 4.51. The summed E-state index contributed by atoms with van der Waals surface area (Å²) in [5.41, 5.74) is 2.74. The van der Waals surface area contributed by atoms with Gasteiger partial charge in [0, 0.05) is 59.7 Å². The molecule has 2 aromatic rings. The number of H-pyrrole nitrogens is 1. The highest BCUT2D eigenvalue weighted by Crippen LogP contribution is 2.30. The van der Waals surface area contributed by atoms with Crippen LogP contribution in [0.3, 0.4) is 0 Å². The molecule has 1 atom stereocenters. The first kappa shape index (κ1) is 17.2. The Hall–Kier alpha value is -1.21. The molecule has 2 saturated heterocycles. The van der Waals surface area contributed by atoms with Crippen LogP contribution >= 0.6 is 11.3 Å². The second kappa shape index (κ2) is 7.99. The van der Waals surface area contributed by atoms with Gasteiger partial charge >= 0.3 is 0 Å². The maximum Gasteiger partial charge on any atom is 0.0594 e. The standard InChI is InChI=1S/C19H28N4OS/c1-15-4-5-18(25-15)14-23-6-2-3-16(12-23)19-17(11-20-21-19)13-22-7-9-24-10-8-22/h4-5,11,16H,2-3,6-10,12-14H2,1H3,(H,20,21). The second-order valence-electron chi connectivity index (χ2n) is 7.28. The van der Waals surface area contributed by atoms with Crippen LogP contribution in [0.2, 0.25) is 0 Å². The predicted molar refractivity (Wildman–Crippen MR) is 101 cm³/mol. The van der Waals surface area contributed by atoms with Gasteiger partial charge in [0.25, 0.3) is 0 Å². The van der Waals surface area contributed by atoms with Crippen molar-refractivity contribution in [1.29, 1.82) is 0 Å². The van der Waals surface area contributed by atoms with Gasteiger partial charge in [-0.25, -0.2) is 0 Å². The topological polar surface area (TPSA) is 44.4 Å². The van der Waals surface area contributed by atoms with Crippen LogP contribution in [0, 0.1) is 6.92 Å². The number of hydrogen-bond donors (Lipinski definition) is 1. The third kappa shape index (κ3) is 4.31. The molecule has 25 heavy (non-hydrogen) atoms. The normalized spacial score (nSPS) is 23.2. The molecule has 2 aliphatic heterocycles. The Bertz CT molecular complexity index is 677. The summed E-state index contributed by atoms with van der Waals surface area (Å²) in [7, 11) is 0. The molecule has 2 aliphatic rings. The Morgan fingerprint density at radius 1 is 1.20 bits per heavy atom. The Labute approximate surface area is 154 Å². The van der Waals surface area contributed by atoms with Crippen LogP contribution in [0.25, 0.3) is 0 Å². The van der Waals surface area contributed by atoms with Crippen molar-refractivity contribution in [3.63, 3.8) is 0 Å². The fourth-order valence-corrected chi connectivity index (χ4v) is 4.96. The van der Waals surface area contributed by atoms with Gasteiger partial charge < -0.3 is 4.74 Å². The number of thiophene rings is 1. The summed E-state index contributed by atoms with van der Waals surface area (Å²) in [5.74, 6) is 0.577. The van der Waals surface area contributed by atoms with Crippen molar-refractivity contribution in [2.45, 2.75) is 38.8 Å². The van der Waals surface area contributed by atoms with Gasteiger partial charge in [-0.3, -0.25) is 14.9 Å². The zero-order valence-corrected chi connectivity index (χ0v) is 15.9. The van der Waals surface area contributed by atoms with E-state index >= 15 is 0 Å². The summed E-state index contributed by atoms with van der Waals surface area (Å²) < 4.78 is 5.47. The van der Waals surface area contributed by atoms with Crippen molar-refractivity contribution >= 4 is 11.3 Å². The van der Waals surface area contributed by atoms with Gasteiger partial charge in [-0.15, -0.1) is 11.3 Å². The molecule has 4 heterocycles. The Morgan fingerprint density at radius 3 is 2.88 bits per heavy atom. The average Bonchev–Trinajstić information content (AvgIpc) is 3.25. The van der Waals surface area contributed by atoms with Crippen molar-refractivity contribution in [1.82, 2.24) is 20.0 Å². The SMILES string of the molecule is Cc1ccc(CN2CCCC(c3[nH]ncc3CN3CCOCC3)C2)s1. The zero-order valence-electron chi connectivity index (χ0n) is 15.0. The maximum absolute atomic E-state index is 5.47. The highest BCUT2D eigenvalue weighted by Gasteiger charge is 2.25. The molecule has 2 aromatic heterocycles. The lowest BCUT2D eigenvalue weighted by atomic mass is 9.92. The van der Waals surface area contributed by atoms with Crippen molar-refractivity contribution in [3.05, 3.63) is 39.3 Å². The second-order valence-corrected chi connectivity index (χ2v) is 8.66. The van der Waals surface area contributed by atoms with Gasteiger partial charge in [0.1, 0.15) is 0 Å². The van der Waals surface area contributed by atoms with E-state index in [2.05, 4.69) is 39.1 Å². The lowest BCUT2D eigenvalue weighted by Crippen LogP contribution is -2.37. The summed E-state index contributed by atoms with van der Waals surface area (Å²) in [4.78, 5) is 7.98. The van der Waals surface area contributed by atoms with Crippen molar-refractivity contribution in [3.8, 4) is 0 Å². The molecule has 136 valence electrons. The minimum atomic E-state index is 0.577. The van der Waals surface area contributed by atoms with Crippen LogP contribution in [0.1, 0.15) is 39.8 Å². The summed E-state index contributed by atoms with van der Waals surface area (Å²) in [5, 5.41) is 7.70. The van der Waals surface area contributed by atoms with Gasteiger partial charge in [-0.1, -0.05) is 0 Å². The number of rotatable bonds is 5. The van der Waals surface area contributed by atoms with Crippen LogP contribution in [0.4, 0.5) is 0 Å². The third-order valence-corrected chi connectivity index (χ3v) is 6.32. The Balaban J connectivity index is 1.40. The molecule has 4 rings (SSSR count). The number of ether oxygens (including phenoxy) is 1. The average molecular weight is 361 g/mol. The smallest absolute Gasteiger partial charge is 0.0594 e. The number of morpholine rings is 1. The first-order valence-electron chi connectivity index (χ1n) is 9.38. The van der Waals surface area contributed by atoms with Gasteiger partial charge in [0.05, 0.1) is 19.4 Å². The quantitative estimate of drug-likeness (QED) is 0.890. The Morgan fingerprint density at radius 2 is 2.08 bits per heavy atom. The van der Waals surface area contributed by atoms with E-state index in [-0.39, 0.29) is 0 Å². The third-order valence-electron chi connectivity index (χ3n) is 5.34. The van der Waals surface area contributed by atoms with E-state index in [9.17, 15) is 0 Å². The monoisotopic (exact) mass is 360 g/mol. The van der Waals surface area contributed by atoms with Crippen molar-refractivity contribution in [2.75, 3.05) is 39.4 Å². The number of likely N-dealkylation sites (tertiary alicyclic amines) is 1. The number of piperidine rings is 1. The van der Waals surface area contributed by atoms with E-state index in [0.29, 0.717) is 5.92 Å². The molecule has 0 aromatic carbocycles. The number of hydrogen-bond acceptors (Lipinski definition) is 5. The van der Waals surface area contributed by atoms with E-state index in [1.807, 2.05) is 17.5 Å². The van der Waals surface area contributed by atoms with Crippen LogP contribution in [-0.2, 0) is 17.8 Å². The first-order chi connectivity index (χ1) is 12.3.